The molecule has 0 radical (unpaired) electrons. The molecule has 27 heavy (non-hydrogen) atoms. The fraction of sp³-hybridized carbons (Fsp3) is 0.542. The van der Waals surface area contributed by atoms with Gasteiger partial charge in [-0.2, -0.15) is 0 Å². The second kappa shape index (κ2) is 9.25. The van der Waals surface area contributed by atoms with E-state index in [2.05, 4.69) is 37.3 Å². The number of amides is 1. The molecule has 2 aliphatic carbocycles. The molecule has 3 rings (SSSR count). The molecule has 3 heteroatoms. The lowest BCUT2D eigenvalue weighted by Gasteiger charge is -2.29. The zero-order valence-electron chi connectivity index (χ0n) is 17.1. The summed E-state index contributed by atoms with van der Waals surface area (Å²) in [5, 5.41) is 0. The van der Waals surface area contributed by atoms with Crippen LogP contribution in [0.15, 0.2) is 30.4 Å². The summed E-state index contributed by atoms with van der Waals surface area (Å²) < 4.78 is 5.64. The number of hydrogen-bond donors (Lipinski definition) is 0. The second-order valence-electron chi connectivity index (χ2n) is 7.89. The minimum absolute atomic E-state index is 0.285. The van der Waals surface area contributed by atoms with Gasteiger partial charge in [0.2, 0.25) is 5.91 Å². The van der Waals surface area contributed by atoms with Crippen molar-refractivity contribution < 1.29 is 9.53 Å². The highest BCUT2D eigenvalue weighted by Crippen LogP contribution is 2.41. The summed E-state index contributed by atoms with van der Waals surface area (Å²) in [5.41, 5.74) is 5.45. The molecule has 1 atom stereocenters. The Morgan fingerprint density at radius 1 is 1.26 bits per heavy atom. The molecular formula is C24H33NO2. The topological polar surface area (TPSA) is 29.5 Å². The van der Waals surface area contributed by atoms with Gasteiger partial charge in [0.1, 0.15) is 5.75 Å². The maximum atomic E-state index is 12.3. The molecule has 3 nitrogen and oxygen atoms in total. The SMILES string of the molecule is CCCCCCC(=O)N(C)CCC1C=C2C=CCc3ccc(OC)c(c32)C1. The van der Waals surface area contributed by atoms with Crippen LogP contribution in [0.4, 0.5) is 0 Å². The predicted molar refractivity (Wildman–Crippen MR) is 112 cm³/mol. The minimum atomic E-state index is 0.285. The van der Waals surface area contributed by atoms with Crippen molar-refractivity contribution in [1.82, 2.24) is 4.90 Å². The zero-order chi connectivity index (χ0) is 19.2. The van der Waals surface area contributed by atoms with E-state index in [1.807, 2.05) is 11.9 Å². The number of allylic oxidation sites excluding steroid dienone is 4. The third kappa shape index (κ3) is 4.63. The van der Waals surface area contributed by atoms with E-state index in [1.54, 1.807) is 7.11 Å². The number of benzene rings is 1. The quantitative estimate of drug-likeness (QED) is 0.563. The predicted octanol–water partition coefficient (Wildman–Crippen LogP) is 5.18. The molecule has 146 valence electrons. The van der Waals surface area contributed by atoms with E-state index in [0.717, 1.165) is 44.4 Å². The number of ether oxygens (including phenoxy) is 1. The standard InChI is InChI=1S/C24H33NO2/c1-4-5-6-7-11-23(26)25(2)15-14-18-16-20-10-8-9-19-12-13-22(27-3)21(17-18)24(19)20/h8,10,12-13,16,18H,4-7,9,11,14-15,17H2,1-3H3. The molecule has 0 aliphatic heterocycles. The van der Waals surface area contributed by atoms with Gasteiger partial charge in [-0.1, -0.05) is 50.5 Å². The normalized spacial score (nSPS) is 17.3. The Kier molecular flexibility index (Phi) is 6.76. The van der Waals surface area contributed by atoms with Gasteiger partial charge in [-0.15, -0.1) is 0 Å². The first-order chi connectivity index (χ1) is 13.1. The molecule has 0 bridgehead atoms. The number of carbonyl (C=O) groups is 1. The van der Waals surface area contributed by atoms with Gasteiger partial charge in [0.05, 0.1) is 7.11 Å². The van der Waals surface area contributed by atoms with Crippen LogP contribution in [0.1, 0.15) is 62.1 Å². The van der Waals surface area contributed by atoms with E-state index in [0.29, 0.717) is 12.3 Å². The van der Waals surface area contributed by atoms with Crippen LogP contribution in [0.5, 0.6) is 5.75 Å². The van der Waals surface area contributed by atoms with Crippen molar-refractivity contribution in [2.75, 3.05) is 20.7 Å². The first-order valence-corrected chi connectivity index (χ1v) is 10.5. The van der Waals surface area contributed by atoms with E-state index < -0.39 is 0 Å². The molecule has 1 amide bonds. The maximum Gasteiger partial charge on any atom is 0.222 e. The number of rotatable bonds is 9. The number of nitrogens with zero attached hydrogens (tertiary/aromatic N) is 1. The lowest BCUT2D eigenvalue weighted by Crippen LogP contribution is -2.29. The van der Waals surface area contributed by atoms with Crippen molar-refractivity contribution in [1.29, 1.82) is 0 Å². The third-order valence-electron chi connectivity index (χ3n) is 5.89. The van der Waals surface area contributed by atoms with E-state index in [9.17, 15) is 4.79 Å². The maximum absolute atomic E-state index is 12.3. The van der Waals surface area contributed by atoms with Crippen LogP contribution in [0.25, 0.3) is 5.57 Å². The van der Waals surface area contributed by atoms with Gasteiger partial charge in [0, 0.05) is 25.6 Å². The summed E-state index contributed by atoms with van der Waals surface area (Å²) >= 11 is 0. The summed E-state index contributed by atoms with van der Waals surface area (Å²) in [6.07, 6.45) is 15.2. The fourth-order valence-corrected chi connectivity index (χ4v) is 4.27. The molecule has 0 aromatic heterocycles. The molecule has 0 N–H and O–H groups in total. The fourth-order valence-electron chi connectivity index (χ4n) is 4.27. The molecule has 1 unspecified atom stereocenters. The highest BCUT2D eigenvalue weighted by Gasteiger charge is 2.25. The molecule has 1 aromatic carbocycles. The summed E-state index contributed by atoms with van der Waals surface area (Å²) in [6.45, 7) is 3.02. The van der Waals surface area contributed by atoms with Crippen molar-refractivity contribution in [3.8, 4) is 5.75 Å². The van der Waals surface area contributed by atoms with E-state index in [1.165, 1.54) is 35.1 Å². The Hall–Kier alpha value is -2.03. The summed E-state index contributed by atoms with van der Waals surface area (Å²) in [4.78, 5) is 14.3. The Morgan fingerprint density at radius 3 is 2.89 bits per heavy atom. The first-order valence-electron chi connectivity index (χ1n) is 10.5. The van der Waals surface area contributed by atoms with Crippen molar-refractivity contribution in [2.24, 2.45) is 5.92 Å². The number of methoxy groups -OCH3 is 1. The Labute approximate surface area is 164 Å². The molecule has 0 saturated heterocycles. The third-order valence-corrected chi connectivity index (χ3v) is 5.89. The first kappa shape index (κ1) is 19.7. The van der Waals surface area contributed by atoms with Gasteiger partial charge < -0.3 is 9.64 Å². The molecule has 0 saturated carbocycles. The van der Waals surface area contributed by atoms with Crippen LogP contribution < -0.4 is 4.74 Å². The van der Waals surface area contributed by atoms with Crippen LogP contribution in [0, 0.1) is 5.92 Å². The lowest BCUT2D eigenvalue weighted by atomic mass is 9.78. The van der Waals surface area contributed by atoms with E-state index >= 15 is 0 Å². The molecule has 1 aromatic rings. The van der Waals surface area contributed by atoms with Gasteiger partial charge in [0.15, 0.2) is 0 Å². The van der Waals surface area contributed by atoms with Crippen LogP contribution in [-0.2, 0) is 17.6 Å². The van der Waals surface area contributed by atoms with Crippen LogP contribution >= 0.6 is 0 Å². The largest absolute Gasteiger partial charge is 0.496 e. The summed E-state index contributed by atoms with van der Waals surface area (Å²) in [7, 11) is 3.71. The van der Waals surface area contributed by atoms with Crippen LogP contribution in [0.3, 0.4) is 0 Å². The average Bonchev–Trinajstić information content (AvgIpc) is 2.69. The van der Waals surface area contributed by atoms with Gasteiger partial charge in [-0.25, -0.2) is 0 Å². The van der Waals surface area contributed by atoms with Crippen molar-refractivity contribution in [3.63, 3.8) is 0 Å². The smallest absolute Gasteiger partial charge is 0.222 e. The van der Waals surface area contributed by atoms with Crippen LogP contribution in [0.2, 0.25) is 0 Å². The monoisotopic (exact) mass is 367 g/mol. The molecule has 0 fully saturated rings. The van der Waals surface area contributed by atoms with Crippen molar-refractivity contribution in [3.05, 3.63) is 47.1 Å². The minimum Gasteiger partial charge on any atom is -0.496 e. The Balaban J connectivity index is 1.61. The highest BCUT2D eigenvalue weighted by atomic mass is 16.5. The lowest BCUT2D eigenvalue weighted by molar-refractivity contribution is -0.130. The average molecular weight is 368 g/mol. The molecule has 2 aliphatic rings. The van der Waals surface area contributed by atoms with Gasteiger partial charge in [-0.3, -0.25) is 4.79 Å². The van der Waals surface area contributed by atoms with E-state index in [-0.39, 0.29) is 5.91 Å². The Bertz CT molecular complexity index is 732. The number of unbranched alkanes of at least 4 members (excludes halogenated alkanes) is 3. The second-order valence-corrected chi connectivity index (χ2v) is 7.89. The van der Waals surface area contributed by atoms with Crippen molar-refractivity contribution >= 4 is 11.5 Å². The van der Waals surface area contributed by atoms with Crippen LogP contribution in [-0.4, -0.2) is 31.5 Å². The summed E-state index contributed by atoms with van der Waals surface area (Å²) in [5.74, 6) is 1.74. The Morgan fingerprint density at radius 2 is 2.11 bits per heavy atom. The van der Waals surface area contributed by atoms with Gasteiger partial charge in [0.25, 0.3) is 0 Å². The summed E-state index contributed by atoms with van der Waals surface area (Å²) in [6, 6.07) is 4.31. The molecular weight excluding hydrogens is 334 g/mol. The molecule has 0 heterocycles. The van der Waals surface area contributed by atoms with Gasteiger partial charge >= 0.3 is 0 Å². The zero-order valence-corrected chi connectivity index (χ0v) is 17.1. The van der Waals surface area contributed by atoms with Gasteiger partial charge in [-0.05, 0) is 54.4 Å². The highest BCUT2D eigenvalue weighted by molar-refractivity contribution is 5.83. The number of carbonyl (C=O) groups excluding carboxylic acids is 1. The van der Waals surface area contributed by atoms with Crippen molar-refractivity contribution in [2.45, 2.75) is 58.3 Å². The molecule has 0 spiro atoms. The number of hydrogen-bond acceptors (Lipinski definition) is 2. The van der Waals surface area contributed by atoms with E-state index in [4.69, 9.17) is 4.74 Å².